The lowest BCUT2D eigenvalue weighted by atomic mass is 9.79. The standard InChI is InChI=1S/C13H20BNO5/c1-15(8-12(17)18)9-13(19)20-14-11-4-2-10(3-5-11)6-7-16/h2,4,14,16H,3,5-9H2,1H3,(H,17,18). The largest absolute Gasteiger partial charge is 0.534 e. The molecule has 0 amide bonds. The van der Waals surface area contributed by atoms with Crippen molar-refractivity contribution in [2.24, 2.45) is 0 Å². The van der Waals surface area contributed by atoms with Crippen LogP contribution in [0.3, 0.4) is 0 Å². The molecule has 7 heteroatoms. The van der Waals surface area contributed by atoms with Gasteiger partial charge < -0.3 is 14.9 Å². The topological polar surface area (TPSA) is 87.1 Å². The lowest BCUT2D eigenvalue weighted by Crippen LogP contribution is -2.32. The second kappa shape index (κ2) is 8.55. The smallest absolute Gasteiger partial charge is 0.373 e. The monoisotopic (exact) mass is 281 g/mol. The van der Waals surface area contributed by atoms with Crippen LogP contribution in [0.15, 0.2) is 23.2 Å². The molecule has 0 aromatic carbocycles. The number of aliphatic carboxylic acids is 1. The highest BCUT2D eigenvalue weighted by molar-refractivity contribution is 6.40. The number of carboxylic acids is 1. The Morgan fingerprint density at radius 1 is 1.35 bits per heavy atom. The predicted octanol–water partition coefficient (Wildman–Crippen LogP) is -0.116. The van der Waals surface area contributed by atoms with Crippen LogP contribution in [0.4, 0.5) is 0 Å². The minimum Gasteiger partial charge on any atom is -0.534 e. The quantitative estimate of drug-likeness (QED) is 0.603. The Kier molecular flexibility index (Phi) is 7.04. The summed E-state index contributed by atoms with van der Waals surface area (Å²) in [6, 6.07) is 0. The molecule has 0 atom stereocenters. The van der Waals surface area contributed by atoms with Gasteiger partial charge in [-0.1, -0.05) is 23.2 Å². The minimum atomic E-state index is -0.975. The van der Waals surface area contributed by atoms with Gasteiger partial charge in [-0.05, 0) is 26.3 Å². The maximum Gasteiger partial charge on any atom is 0.373 e. The number of rotatable bonds is 8. The predicted molar refractivity (Wildman–Crippen MR) is 75.5 cm³/mol. The van der Waals surface area contributed by atoms with E-state index in [-0.39, 0.29) is 27.2 Å². The van der Waals surface area contributed by atoms with Crippen molar-refractivity contribution in [3.8, 4) is 0 Å². The van der Waals surface area contributed by atoms with Gasteiger partial charge in [0.15, 0.2) is 0 Å². The SMILES string of the molecule is CN(CC(=O)O)CC(=O)OBC1=CC=C(CCO)CC1. The van der Waals surface area contributed by atoms with Crippen LogP contribution >= 0.6 is 0 Å². The van der Waals surface area contributed by atoms with E-state index in [0.29, 0.717) is 6.42 Å². The normalized spacial score (nSPS) is 14.6. The number of aliphatic hydroxyl groups is 1. The van der Waals surface area contributed by atoms with Gasteiger partial charge in [0.25, 0.3) is 0 Å². The van der Waals surface area contributed by atoms with Crippen molar-refractivity contribution >= 4 is 19.4 Å². The number of likely N-dealkylation sites (N-methyl/N-ethyl adjacent to an activating group) is 1. The number of hydrogen-bond acceptors (Lipinski definition) is 5. The Hall–Kier alpha value is -1.60. The molecule has 2 N–H and O–H groups in total. The van der Waals surface area contributed by atoms with Gasteiger partial charge in [0.1, 0.15) is 0 Å². The molecule has 0 heterocycles. The lowest BCUT2D eigenvalue weighted by molar-refractivity contribution is -0.139. The van der Waals surface area contributed by atoms with E-state index in [1.54, 1.807) is 7.05 Å². The third-order valence-electron chi connectivity index (χ3n) is 2.98. The molecule has 20 heavy (non-hydrogen) atoms. The molecule has 0 aliphatic heterocycles. The molecule has 0 bridgehead atoms. The van der Waals surface area contributed by atoms with Gasteiger partial charge in [0, 0.05) is 6.61 Å². The molecule has 1 rings (SSSR count). The molecule has 0 saturated carbocycles. The van der Waals surface area contributed by atoms with Crippen molar-refractivity contribution < 1.29 is 24.5 Å². The summed E-state index contributed by atoms with van der Waals surface area (Å²) >= 11 is 0. The molecule has 0 fully saturated rings. The summed E-state index contributed by atoms with van der Waals surface area (Å²) in [5.41, 5.74) is 2.23. The molecule has 1 aliphatic rings. The van der Waals surface area contributed by atoms with Crippen LogP contribution in [0.1, 0.15) is 19.3 Å². The summed E-state index contributed by atoms with van der Waals surface area (Å²) < 4.78 is 5.11. The van der Waals surface area contributed by atoms with E-state index < -0.39 is 11.9 Å². The van der Waals surface area contributed by atoms with Gasteiger partial charge in [-0.3, -0.25) is 14.5 Å². The van der Waals surface area contributed by atoms with Crippen LogP contribution in [-0.4, -0.2) is 61.3 Å². The zero-order valence-electron chi connectivity index (χ0n) is 11.7. The number of allylic oxidation sites excluding steroid dienone is 3. The summed E-state index contributed by atoms with van der Waals surface area (Å²) in [7, 11) is 1.79. The molecule has 0 unspecified atom stereocenters. The van der Waals surface area contributed by atoms with E-state index in [4.69, 9.17) is 14.9 Å². The number of nitrogens with zero attached hydrogens (tertiary/aromatic N) is 1. The fourth-order valence-corrected chi connectivity index (χ4v) is 1.92. The maximum absolute atomic E-state index is 11.5. The average Bonchev–Trinajstić information content (AvgIpc) is 2.37. The fraction of sp³-hybridized carbons (Fsp3) is 0.538. The summed E-state index contributed by atoms with van der Waals surface area (Å²) in [6.07, 6.45) is 6.26. The third kappa shape index (κ3) is 6.54. The first-order chi connectivity index (χ1) is 9.51. The Morgan fingerprint density at radius 2 is 2.10 bits per heavy atom. The molecule has 0 aromatic rings. The van der Waals surface area contributed by atoms with Crippen molar-refractivity contribution in [3.05, 3.63) is 23.2 Å². The van der Waals surface area contributed by atoms with Crippen LogP contribution in [0.2, 0.25) is 0 Å². The van der Waals surface area contributed by atoms with E-state index in [1.807, 2.05) is 12.2 Å². The van der Waals surface area contributed by atoms with Crippen molar-refractivity contribution in [3.63, 3.8) is 0 Å². The Labute approximate surface area is 119 Å². The Morgan fingerprint density at radius 3 is 2.65 bits per heavy atom. The highest BCUT2D eigenvalue weighted by atomic mass is 16.5. The maximum atomic E-state index is 11.5. The highest BCUT2D eigenvalue weighted by Gasteiger charge is 2.13. The van der Waals surface area contributed by atoms with Gasteiger partial charge in [0.2, 0.25) is 0 Å². The molecule has 110 valence electrons. The summed E-state index contributed by atoms with van der Waals surface area (Å²) in [6.45, 7) is -0.0733. The Balaban J connectivity index is 2.30. The lowest BCUT2D eigenvalue weighted by Gasteiger charge is -2.15. The van der Waals surface area contributed by atoms with Crippen LogP contribution < -0.4 is 0 Å². The first-order valence-corrected chi connectivity index (χ1v) is 6.55. The van der Waals surface area contributed by atoms with Gasteiger partial charge in [-0.25, -0.2) is 0 Å². The van der Waals surface area contributed by atoms with Crippen molar-refractivity contribution in [1.82, 2.24) is 4.90 Å². The van der Waals surface area contributed by atoms with Gasteiger partial charge in [0.05, 0.1) is 13.1 Å². The van der Waals surface area contributed by atoms with Crippen molar-refractivity contribution in [1.29, 1.82) is 0 Å². The van der Waals surface area contributed by atoms with E-state index in [9.17, 15) is 9.59 Å². The van der Waals surface area contributed by atoms with E-state index >= 15 is 0 Å². The Bertz CT molecular complexity index is 419. The molecule has 0 spiro atoms. The first-order valence-electron chi connectivity index (χ1n) is 6.55. The molecule has 6 nitrogen and oxygen atoms in total. The van der Waals surface area contributed by atoms with Crippen molar-refractivity contribution in [2.75, 3.05) is 26.7 Å². The number of carbonyl (C=O) groups is 2. The van der Waals surface area contributed by atoms with E-state index in [1.165, 1.54) is 10.5 Å². The molecular weight excluding hydrogens is 261 g/mol. The van der Waals surface area contributed by atoms with Crippen LogP contribution in [0.25, 0.3) is 0 Å². The van der Waals surface area contributed by atoms with Crippen LogP contribution in [0.5, 0.6) is 0 Å². The van der Waals surface area contributed by atoms with Gasteiger partial charge in [-0.2, -0.15) is 0 Å². The highest BCUT2D eigenvalue weighted by Crippen LogP contribution is 2.19. The van der Waals surface area contributed by atoms with E-state index in [2.05, 4.69) is 0 Å². The fourth-order valence-electron chi connectivity index (χ4n) is 1.92. The zero-order chi connectivity index (χ0) is 15.0. The second-order valence-electron chi connectivity index (χ2n) is 4.85. The number of carboxylic acid groups (broad SMARTS) is 1. The summed E-state index contributed by atoms with van der Waals surface area (Å²) in [5.74, 6) is -1.41. The van der Waals surface area contributed by atoms with Crippen LogP contribution in [-0.2, 0) is 14.2 Å². The molecule has 1 aliphatic carbocycles. The number of aliphatic hydroxyl groups excluding tert-OH is 1. The zero-order valence-corrected chi connectivity index (χ0v) is 11.7. The third-order valence-corrected chi connectivity index (χ3v) is 2.98. The second-order valence-corrected chi connectivity index (χ2v) is 4.85. The molecule has 0 saturated heterocycles. The molecule has 0 aromatic heterocycles. The summed E-state index contributed by atoms with van der Waals surface area (Å²) in [4.78, 5) is 23.4. The number of hydrogen-bond donors (Lipinski definition) is 2. The van der Waals surface area contributed by atoms with Crippen molar-refractivity contribution in [2.45, 2.75) is 19.3 Å². The van der Waals surface area contributed by atoms with Gasteiger partial charge >= 0.3 is 19.4 Å². The minimum absolute atomic E-state index is 0.0365. The molecular formula is C13H20BNO5. The summed E-state index contributed by atoms with van der Waals surface area (Å²) in [5, 5.41) is 17.4. The van der Waals surface area contributed by atoms with Crippen LogP contribution in [0, 0.1) is 0 Å². The molecule has 0 radical (unpaired) electrons. The first kappa shape index (κ1) is 16.5. The van der Waals surface area contributed by atoms with Gasteiger partial charge in [-0.15, -0.1) is 0 Å². The average molecular weight is 281 g/mol. The number of carbonyl (C=O) groups excluding carboxylic acids is 1. The van der Waals surface area contributed by atoms with E-state index in [0.717, 1.165) is 18.3 Å².